The van der Waals surface area contributed by atoms with Crippen molar-refractivity contribution in [1.82, 2.24) is 0 Å². The van der Waals surface area contributed by atoms with Crippen LogP contribution in [0.5, 0.6) is 0 Å². The normalized spacial score (nSPS) is 10.1. The minimum atomic E-state index is 1.14. The van der Waals surface area contributed by atoms with Gasteiger partial charge in [0.1, 0.15) is 0 Å². The van der Waals surface area contributed by atoms with Gasteiger partial charge in [0.2, 0.25) is 0 Å². The van der Waals surface area contributed by atoms with Crippen LogP contribution in [-0.4, -0.2) is 0 Å². The SMILES string of the molecule is C=CCCCCc1c(C)cccc1C. The summed E-state index contributed by atoms with van der Waals surface area (Å²) in [5.41, 5.74) is 4.41. The van der Waals surface area contributed by atoms with E-state index in [9.17, 15) is 0 Å². The lowest BCUT2D eigenvalue weighted by Gasteiger charge is -2.08. The van der Waals surface area contributed by atoms with E-state index in [1.54, 1.807) is 0 Å². The second-order valence-corrected chi connectivity index (χ2v) is 3.90. The third kappa shape index (κ3) is 3.02. The maximum atomic E-state index is 3.74. The van der Waals surface area contributed by atoms with Crippen LogP contribution in [0.3, 0.4) is 0 Å². The van der Waals surface area contributed by atoms with E-state index in [1.165, 1.54) is 36.0 Å². The Morgan fingerprint density at radius 2 is 1.79 bits per heavy atom. The van der Waals surface area contributed by atoms with Gasteiger partial charge in [-0.05, 0) is 56.2 Å². The molecule has 0 atom stereocenters. The summed E-state index contributed by atoms with van der Waals surface area (Å²) >= 11 is 0. The minimum absolute atomic E-state index is 1.14. The van der Waals surface area contributed by atoms with Gasteiger partial charge in [0, 0.05) is 0 Å². The van der Waals surface area contributed by atoms with Gasteiger partial charge in [-0.15, -0.1) is 6.58 Å². The lowest BCUT2D eigenvalue weighted by atomic mass is 9.97. The van der Waals surface area contributed by atoms with E-state index < -0.39 is 0 Å². The third-order valence-corrected chi connectivity index (χ3v) is 2.73. The molecular weight excluding hydrogens is 168 g/mol. The molecule has 1 aromatic carbocycles. The Morgan fingerprint density at radius 3 is 2.36 bits per heavy atom. The Hall–Kier alpha value is -1.04. The molecule has 0 saturated heterocycles. The van der Waals surface area contributed by atoms with Crippen molar-refractivity contribution in [2.45, 2.75) is 39.5 Å². The molecule has 0 nitrogen and oxygen atoms in total. The van der Waals surface area contributed by atoms with E-state index in [2.05, 4.69) is 38.6 Å². The summed E-state index contributed by atoms with van der Waals surface area (Å²) in [6.07, 6.45) is 6.90. The lowest BCUT2D eigenvalue weighted by molar-refractivity contribution is 0.743. The average Bonchev–Trinajstić information content (AvgIpc) is 2.16. The summed E-state index contributed by atoms with van der Waals surface area (Å²) in [6, 6.07) is 6.55. The number of rotatable bonds is 5. The first kappa shape index (κ1) is 11.0. The smallest absolute Gasteiger partial charge is 0.0274 e. The number of aryl methyl sites for hydroxylation is 2. The summed E-state index contributed by atoms with van der Waals surface area (Å²) in [6.45, 7) is 8.15. The molecule has 0 radical (unpaired) electrons. The summed E-state index contributed by atoms with van der Waals surface area (Å²) in [4.78, 5) is 0. The molecule has 14 heavy (non-hydrogen) atoms. The predicted octanol–water partition coefficient (Wildman–Crippen LogP) is 4.20. The fourth-order valence-electron chi connectivity index (χ4n) is 1.83. The number of hydrogen-bond donors (Lipinski definition) is 0. The van der Waals surface area contributed by atoms with Gasteiger partial charge in [0.25, 0.3) is 0 Å². The van der Waals surface area contributed by atoms with Gasteiger partial charge in [-0.2, -0.15) is 0 Å². The summed E-state index contributed by atoms with van der Waals surface area (Å²) in [5.74, 6) is 0. The molecule has 0 saturated carbocycles. The zero-order valence-corrected chi connectivity index (χ0v) is 9.34. The Balaban J connectivity index is 2.53. The van der Waals surface area contributed by atoms with Crippen LogP contribution in [0, 0.1) is 13.8 Å². The van der Waals surface area contributed by atoms with Gasteiger partial charge in [0.05, 0.1) is 0 Å². The van der Waals surface area contributed by atoms with Gasteiger partial charge in [-0.3, -0.25) is 0 Å². The number of hydrogen-bond acceptors (Lipinski definition) is 0. The first-order chi connectivity index (χ1) is 6.75. The quantitative estimate of drug-likeness (QED) is 0.480. The molecule has 76 valence electrons. The van der Waals surface area contributed by atoms with Crippen LogP contribution < -0.4 is 0 Å². The molecule has 0 fully saturated rings. The highest BCUT2D eigenvalue weighted by Crippen LogP contribution is 2.16. The van der Waals surface area contributed by atoms with Crippen LogP contribution in [0.1, 0.15) is 36.0 Å². The maximum Gasteiger partial charge on any atom is -0.0274 e. The van der Waals surface area contributed by atoms with E-state index in [0.717, 1.165) is 6.42 Å². The van der Waals surface area contributed by atoms with Crippen LogP contribution in [0.4, 0.5) is 0 Å². The zero-order chi connectivity index (χ0) is 10.4. The van der Waals surface area contributed by atoms with Crippen molar-refractivity contribution in [3.05, 3.63) is 47.5 Å². The van der Waals surface area contributed by atoms with Gasteiger partial charge >= 0.3 is 0 Å². The summed E-state index contributed by atoms with van der Waals surface area (Å²) in [5, 5.41) is 0. The summed E-state index contributed by atoms with van der Waals surface area (Å²) in [7, 11) is 0. The molecule has 0 N–H and O–H groups in total. The Bertz CT molecular complexity index is 277. The van der Waals surface area contributed by atoms with E-state index in [1.807, 2.05) is 6.08 Å². The zero-order valence-electron chi connectivity index (χ0n) is 9.34. The van der Waals surface area contributed by atoms with Crippen molar-refractivity contribution in [3.8, 4) is 0 Å². The molecule has 0 bridgehead atoms. The van der Waals surface area contributed by atoms with Crippen molar-refractivity contribution in [2.75, 3.05) is 0 Å². The van der Waals surface area contributed by atoms with E-state index >= 15 is 0 Å². The van der Waals surface area contributed by atoms with Crippen molar-refractivity contribution in [2.24, 2.45) is 0 Å². The van der Waals surface area contributed by atoms with Crippen molar-refractivity contribution in [1.29, 1.82) is 0 Å². The fraction of sp³-hybridized carbons (Fsp3) is 0.429. The lowest BCUT2D eigenvalue weighted by Crippen LogP contribution is -1.93. The van der Waals surface area contributed by atoms with Crippen molar-refractivity contribution < 1.29 is 0 Å². The van der Waals surface area contributed by atoms with Crippen LogP contribution in [-0.2, 0) is 6.42 Å². The second-order valence-electron chi connectivity index (χ2n) is 3.90. The summed E-state index contributed by atoms with van der Waals surface area (Å²) < 4.78 is 0. The van der Waals surface area contributed by atoms with Crippen molar-refractivity contribution in [3.63, 3.8) is 0 Å². The molecule has 0 unspecified atom stereocenters. The highest BCUT2D eigenvalue weighted by atomic mass is 14.1. The topological polar surface area (TPSA) is 0 Å². The molecule has 0 amide bonds. The first-order valence-electron chi connectivity index (χ1n) is 5.41. The number of allylic oxidation sites excluding steroid dienone is 1. The minimum Gasteiger partial charge on any atom is -0.103 e. The van der Waals surface area contributed by atoms with E-state index in [-0.39, 0.29) is 0 Å². The average molecular weight is 188 g/mol. The van der Waals surface area contributed by atoms with Crippen LogP contribution >= 0.6 is 0 Å². The van der Waals surface area contributed by atoms with Crippen LogP contribution in [0.15, 0.2) is 30.9 Å². The highest BCUT2D eigenvalue weighted by molar-refractivity contribution is 5.33. The molecule has 0 heterocycles. The van der Waals surface area contributed by atoms with Crippen molar-refractivity contribution >= 4 is 0 Å². The molecule has 0 aliphatic heterocycles. The van der Waals surface area contributed by atoms with E-state index in [0.29, 0.717) is 0 Å². The van der Waals surface area contributed by atoms with E-state index in [4.69, 9.17) is 0 Å². The molecule has 1 aromatic rings. The highest BCUT2D eigenvalue weighted by Gasteiger charge is 2.00. The molecule has 0 heteroatoms. The Kier molecular flexibility index (Phi) is 4.45. The van der Waals surface area contributed by atoms with Gasteiger partial charge in [-0.1, -0.05) is 24.3 Å². The predicted molar refractivity (Wildman–Crippen MR) is 63.7 cm³/mol. The molecular formula is C14H20. The monoisotopic (exact) mass is 188 g/mol. The van der Waals surface area contributed by atoms with Gasteiger partial charge in [0.15, 0.2) is 0 Å². The largest absolute Gasteiger partial charge is 0.103 e. The van der Waals surface area contributed by atoms with Crippen LogP contribution in [0.25, 0.3) is 0 Å². The standard InChI is InChI=1S/C14H20/c1-4-5-6-7-11-14-12(2)9-8-10-13(14)3/h4,8-10H,1,5-7,11H2,2-3H3. The fourth-order valence-corrected chi connectivity index (χ4v) is 1.83. The van der Waals surface area contributed by atoms with Crippen LogP contribution in [0.2, 0.25) is 0 Å². The maximum absolute atomic E-state index is 3.74. The molecule has 0 aliphatic carbocycles. The Morgan fingerprint density at radius 1 is 1.14 bits per heavy atom. The second kappa shape index (κ2) is 5.64. The Labute approximate surface area is 87.7 Å². The third-order valence-electron chi connectivity index (χ3n) is 2.73. The van der Waals surface area contributed by atoms with Gasteiger partial charge < -0.3 is 0 Å². The molecule has 0 spiro atoms. The number of benzene rings is 1. The molecule has 0 aliphatic rings. The van der Waals surface area contributed by atoms with Gasteiger partial charge in [-0.25, -0.2) is 0 Å². The molecule has 0 aromatic heterocycles. The first-order valence-corrected chi connectivity index (χ1v) is 5.41. The molecule has 1 rings (SSSR count). The number of unbranched alkanes of at least 4 members (excludes halogenated alkanes) is 2.